The molecule has 1 amide bonds. The van der Waals surface area contributed by atoms with E-state index in [0.29, 0.717) is 23.2 Å². The van der Waals surface area contributed by atoms with Crippen LogP contribution in [-0.2, 0) is 22.0 Å². The molecule has 3 rings (SSSR count). The van der Waals surface area contributed by atoms with Crippen LogP contribution in [0.2, 0.25) is 0 Å². The van der Waals surface area contributed by atoms with Gasteiger partial charge in [0.15, 0.2) is 0 Å². The number of benzene rings is 1. The Balaban J connectivity index is 1.65. The number of sulfonamides is 1. The van der Waals surface area contributed by atoms with Gasteiger partial charge in [0, 0.05) is 38.3 Å². The van der Waals surface area contributed by atoms with E-state index in [4.69, 9.17) is 0 Å². The van der Waals surface area contributed by atoms with Crippen LogP contribution in [0.25, 0.3) is 0 Å². The van der Waals surface area contributed by atoms with E-state index < -0.39 is 15.3 Å². The van der Waals surface area contributed by atoms with Crippen molar-refractivity contribution in [3.8, 4) is 0 Å². The second-order valence-corrected chi connectivity index (χ2v) is 15.4. The molecule has 1 fully saturated rings. The molecule has 1 aromatic heterocycles. The van der Waals surface area contributed by atoms with Crippen molar-refractivity contribution in [2.24, 2.45) is 11.8 Å². The zero-order valence-electron chi connectivity index (χ0n) is 25.8. The van der Waals surface area contributed by atoms with E-state index in [0.717, 1.165) is 32.5 Å². The molecule has 0 spiro atoms. The Morgan fingerprint density at radius 2 is 1.80 bits per heavy atom. The van der Waals surface area contributed by atoms with E-state index in [1.807, 2.05) is 6.92 Å². The fourth-order valence-electron chi connectivity index (χ4n) is 4.58. The van der Waals surface area contributed by atoms with Gasteiger partial charge in [0.1, 0.15) is 11.6 Å². The van der Waals surface area contributed by atoms with Gasteiger partial charge in [0.05, 0.1) is 5.25 Å². The monoisotopic (exact) mass is 571 g/mol. The second-order valence-electron chi connectivity index (χ2n) is 12.9. The largest absolute Gasteiger partial charge is 0.370 e. The summed E-state index contributed by atoms with van der Waals surface area (Å²) in [6.07, 6.45) is 1.95. The van der Waals surface area contributed by atoms with Crippen LogP contribution in [-0.4, -0.2) is 62.7 Å². The first-order chi connectivity index (χ1) is 18.6. The molecule has 8 nitrogen and oxygen atoms in total. The number of carbonyl (C=O) groups excluding carboxylic acids is 1. The lowest BCUT2D eigenvalue weighted by atomic mass is 9.86. The molecule has 40 heavy (non-hydrogen) atoms. The molecule has 2 aromatic rings. The molecule has 1 saturated carbocycles. The summed E-state index contributed by atoms with van der Waals surface area (Å²) in [6, 6.07) is 11.9. The summed E-state index contributed by atoms with van der Waals surface area (Å²) in [4.78, 5) is 20.1. The average Bonchev–Trinajstić information content (AvgIpc) is 3.59. The van der Waals surface area contributed by atoms with Crippen LogP contribution in [0.3, 0.4) is 0 Å². The van der Waals surface area contributed by atoms with Gasteiger partial charge in [-0.2, -0.15) is 0 Å². The van der Waals surface area contributed by atoms with Gasteiger partial charge in [-0.05, 0) is 81.2 Å². The Hall–Kier alpha value is -2.65. The molecule has 2 N–H and O–H groups in total. The van der Waals surface area contributed by atoms with Gasteiger partial charge in [-0.25, -0.2) is 13.4 Å². The molecule has 1 heterocycles. The molecule has 0 saturated heterocycles. The van der Waals surface area contributed by atoms with Crippen LogP contribution in [0.15, 0.2) is 36.4 Å². The first-order valence-electron chi connectivity index (χ1n) is 14.4. The number of pyridine rings is 1. The van der Waals surface area contributed by atoms with Gasteiger partial charge in [-0.1, -0.05) is 52.0 Å². The van der Waals surface area contributed by atoms with Gasteiger partial charge in [0.2, 0.25) is 10.0 Å². The summed E-state index contributed by atoms with van der Waals surface area (Å²) in [5.74, 6) is 1.75. The lowest BCUT2D eigenvalue weighted by Gasteiger charge is -2.23. The van der Waals surface area contributed by atoms with Crippen molar-refractivity contribution in [2.75, 3.05) is 36.8 Å². The Kier molecular flexibility index (Phi) is 10.3. The topological polar surface area (TPSA) is 94.6 Å². The van der Waals surface area contributed by atoms with Crippen molar-refractivity contribution in [1.29, 1.82) is 0 Å². The maximum Gasteiger partial charge on any atom is 0.251 e. The summed E-state index contributed by atoms with van der Waals surface area (Å²) in [7, 11) is -0.00700. The highest BCUT2D eigenvalue weighted by Gasteiger charge is 2.32. The molecular formula is C31H49N5O3S. The zero-order chi connectivity index (χ0) is 29.8. The molecule has 0 unspecified atom stereocenters. The number of nitrogens with zero attached hydrogens (tertiary/aromatic N) is 3. The molecule has 3 atom stereocenters. The van der Waals surface area contributed by atoms with Crippen LogP contribution in [0.1, 0.15) is 82.8 Å². The van der Waals surface area contributed by atoms with Gasteiger partial charge in [0.25, 0.3) is 5.91 Å². The Labute approximate surface area is 242 Å². The van der Waals surface area contributed by atoms with Gasteiger partial charge >= 0.3 is 0 Å². The highest BCUT2D eigenvalue weighted by Crippen LogP contribution is 2.37. The zero-order valence-corrected chi connectivity index (χ0v) is 26.6. The van der Waals surface area contributed by atoms with Gasteiger partial charge < -0.3 is 15.5 Å². The summed E-state index contributed by atoms with van der Waals surface area (Å²) in [6.45, 7) is 16.6. The number of carbonyl (C=O) groups is 1. The van der Waals surface area contributed by atoms with Crippen molar-refractivity contribution in [3.05, 3.63) is 53.1 Å². The number of amides is 1. The lowest BCUT2D eigenvalue weighted by molar-refractivity contribution is 0.0936. The van der Waals surface area contributed by atoms with E-state index in [1.165, 1.54) is 22.5 Å². The molecule has 9 heteroatoms. The minimum atomic E-state index is -3.59. The Morgan fingerprint density at radius 3 is 2.40 bits per heavy atom. The van der Waals surface area contributed by atoms with Crippen molar-refractivity contribution in [1.82, 2.24) is 15.2 Å². The molecule has 0 aliphatic heterocycles. The third kappa shape index (κ3) is 8.67. The number of rotatable bonds is 13. The van der Waals surface area contributed by atoms with Crippen LogP contribution in [0, 0.1) is 11.8 Å². The van der Waals surface area contributed by atoms with Crippen LogP contribution in [0.5, 0.6) is 0 Å². The third-order valence-electron chi connectivity index (χ3n) is 7.76. The lowest BCUT2D eigenvalue weighted by Crippen LogP contribution is -2.36. The SMILES string of the molecule is CC(C)S(=O)(=O)N(C)c1cc(C(=O)N[C@@H](C)CCN(C)Cc2cccc(C(C)(C)C)c2)cc(NC[C@H]2C[C@@H]2C)n1. The molecule has 222 valence electrons. The standard InChI is InChI=1S/C31H49N5O3S/c1-21(2)40(38,39)36(9)29-18-25(17-28(34-29)32-19-26-15-22(26)3)30(37)33-23(4)13-14-35(8)20-24-11-10-12-27(16-24)31(5,6)7/h10-12,16-18,21-23,26H,13-15,19-20H2,1-9H3,(H,32,34)(H,33,37)/t22-,23-,26+/m0/s1. The fourth-order valence-corrected chi connectivity index (χ4v) is 5.57. The molecule has 1 aliphatic rings. The van der Waals surface area contributed by atoms with E-state index in [-0.39, 0.29) is 23.2 Å². The quantitative estimate of drug-likeness (QED) is 0.341. The highest BCUT2D eigenvalue weighted by atomic mass is 32.2. The van der Waals surface area contributed by atoms with Crippen molar-refractivity contribution in [2.45, 2.75) is 84.6 Å². The summed E-state index contributed by atoms with van der Waals surface area (Å²) in [5.41, 5.74) is 3.10. The normalized spacial score (nSPS) is 18.1. The van der Waals surface area contributed by atoms with Crippen molar-refractivity contribution in [3.63, 3.8) is 0 Å². The maximum atomic E-state index is 13.3. The van der Waals surface area contributed by atoms with Crippen molar-refractivity contribution < 1.29 is 13.2 Å². The smallest absolute Gasteiger partial charge is 0.251 e. The first kappa shape index (κ1) is 31.9. The van der Waals surface area contributed by atoms with E-state index >= 15 is 0 Å². The van der Waals surface area contributed by atoms with Crippen molar-refractivity contribution >= 4 is 27.6 Å². The molecular weight excluding hydrogens is 522 g/mol. The Bertz CT molecular complexity index is 1270. The van der Waals surface area contributed by atoms with Gasteiger partial charge in [-0.15, -0.1) is 0 Å². The number of nitrogens with one attached hydrogen (secondary N) is 2. The fraction of sp³-hybridized carbons (Fsp3) is 0.613. The van der Waals surface area contributed by atoms with Crippen LogP contribution < -0.4 is 14.9 Å². The highest BCUT2D eigenvalue weighted by molar-refractivity contribution is 7.93. The number of anilines is 2. The minimum Gasteiger partial charge on any atom is -0.370 e. The average molecular weight is 572 g/mol. The van der Waals surface area contributed by atoms with E-state index in [9.17, 15) is 13.2 Å². The molecule has 1 aliphatic carbocycles. The number of aromatic nitrogens is 1. The number of hydrogen-bond acceptors (Lipinski definition) is 6. The predicted molar refractivity (Wildman–Crippen MR) is 165 cm³/mol. The first-order valence-corrected chi connectivity index (χ1v) is 15.9. The molecule has 0 radical (unpaired) electrons. The summed E-state index contributed by atoms with van der Waals surface area (Å²) in [5, 5.41) is 5.81. The van der Waals surface area contributed by atoms with Gasteiger partial charge in [-0.3, -0.25) is 9.10 Å². The predicted octanol–water partition coefficient (Wildman–Crippen LogP) is 5.26. The molecule has 1 aromatic carbocycles. The third-order valence-corrected chi connectivity index (χ3v) is 9.90. The second kappa shape index (κ2) is 12.9. The van der Waals surface area contributed by atoms with Crippen LogP contribution in [0.4, 0.5) is 11.6 Å². The van der Waals surface area contributed by atoms with Crippen LogP contribution >= 0.6 is 0 Å². The Morgan fingerprint density at radius 1 is 1.12 bits per heavy atom. The minimum absolute atomic E-state index is 0.0617. The number of hydrogen-bond donors (Lipinski definition) is 2. The van der Waals surface area contributed by atoms with E-state index in [2.05, 4.69) is 79.5 Å². The molecule has 0 bridgehead atoms. The maximum absolute atomic E-state index is 13.3. The summed E-state index contributed by atoms with van der Waals surface area (Å²) >= 11 is 0. The van der Waals surface area contributed by atoms with E-state index in [1.54, 1.807) is 26.0 Å². The summed E-state index contributed by atoms with van der Waals surface area (Å²) < 4.78 is 26.8.